The van der Waals surface area contributed by atoms with Gasteiger partial charge in [-0.25, -0.2) is 9.97 Å². The molecular formula is C8H5N2O. The van der Waals surface area contributed by atoms with Gasteiger partial charge in [0.1, 0.15) is 0 Å². The van der Waals surface area contributed by atoms with E-state index in [-0.39, 0.29) is 0 Å². The Morgan fingerprint density at radius 1 is 1.36 bits per heavy atom. The van der Waals surface area contributed by atoms with Gasteiger partial charge in [0.2, 0.25) is 0 Å². The van der Waals surface area contributed by atoms with Crippen LogP contribution in [0, 0.1) is 6.33 Å². The highest BCUT2D eigenvalue weighted by molar-refractivity contribution is 5.55. The fraction of sp³-hybridized carbons (Fsp3) is 0. The van der Waals surface area contributed by atoms with Crippen LogP contribution in [0.4, 0.5) is 0 Å². The predicted molar refractivity (Wildman–Crippen MR) is 38.6 cm³/mol. The molecule has 0 aromatic carbocycles. The van der Waals surface area contributed by atoms with Crippen LogP contribution >= 0.6 is 0 Å². The van der Waals surface area contributed by atoms with E-state index in [4.69, 9.17) is 4.42 Å². The minimum Gasteiger partial charge on any atom is -0.472 e. The molecule has 53 valence electrons. The third kappa shape index (κ3) is 1.12. The lowest BCUT2D eigenvalue weighted by Crippen LogP contribution is -1.80. The first-order valence-electron chi connectivity index (χ1n) is 3.18. The number of rotatable bonds is 1. The Morgan fingerprint density at radius 2 is 2.36 bits per heavy atom. The molecule has 0 saturated carbocycles. The van der Waals surface area contributed by atoms with Gasteiger partial charge in [-0.3, -0.25) is 0 Å². The normalized spacial score (nSPS) is 9.82. The van der Waals surface area contributed by atoms with Crippen LogP contribution in [0.3, 0.4) is 0 Å². The molecule has 3 nitrogen and oxygen atoms in total. The third-order valence-electron chi connectivity index (χ3n) is 1.35. The lowest BCUT2D eigenvalue weighted by atomic mass is 10.2. The highest BCUT2D eigenvalue weighted by Gasteiger charge is 1.97. The molecule has 2 aromatic heterocycles. The first-order valence-corrected chi connectivity index (χ1v) is 3.18. The van der Waals surface area contributed by atoms with Crippen molar-refractivity contribution in [3.63, 3.8) is 0 Å². The van der Waals surface area contributed by atoms with Crippen molar-refractivity contribution in [2.45, 2.75) is 0 Å². The van der Waals surface area contributed by atoms with Gasteiger partial charge in [0.15, 0.2) is 6.33 Å². The lowest BCUT2D eigenvalue weighted by molar-refractivity contribution is 0.568. The second-order valence-corrected chi connectivity index (χ2v) is 2.05. The third-order valence-corrected chi connectivity index (χ3v) is 1.35. The van der Waals surface area contributed by atoms with E-state index in [1.165, 1.54) is 0 Å². The van der Waals surface area contributed by atoms with Crippen LogP contribution < -0.4 is 0 Å². The van der Waals surface area contributed by atoms with E-state index in [0.717, 1.165) is 11.3 Å². The standard InChI is InChI=1S/C8H5N2O/c1-3-9-6-10-8(1)7-2-4-11-5-7/h1-5H. The number of furan rings is 1. The molecule has 2 aromatic rings. The van der Waals surface area contributed by atoms with Crippen LogP contribution in [0.2, 0.25) is 0 Å². The number of nitrogens with zero attached hydrogens (tertiary/aromatic N) is 2. The fourth-order valence-electron chi connectivity index (χ4n) is 0.832. The van der Waals surface area contributed by atoms with Crippen LogP contribution in [0.15, 0.2) is 35.3 Å². The van der Waals surface area contributed by atoms with Crippen molar-refractivity contribution >= 4 is 0 Å². The van der Waals surface area contributed by atoms with E-state index >= 15 is 0 Å². The zero-order valence-corrected chi connectivity index (χ0v) is 5.69. The maximum atomic E-state index is 4.89. The molecule has 0 amide bonds. The van der Waals surface area contributed by atoms with Crippen molar-refractivity contribution in [2.75, 3.05) is 0 Å². The van der Waals surface area contributed by atoms with Crippen LogP contribution in [-0.4, -0.2) is 9.97 Å². The Kier molecular flexibility index (Phi) is 1.41. The summed E-state index contributed by atoms with van der Waals surface area (Å²) in [7, 11) is 0. The summed E-state index contributed by atoms with van der Waals surface area (Å²) >= 11 is 0. The quantitative estimate of drug-likeness (QED) is 0.610. The molecule has 0 bridgehead atoms. The van der Waals surface area contributed by atoms with Gasteiger partial charge in [-0.15, -0.1) is 0 Å². The zero-order valence-electron chi connectivity index (χ0n) is 5.69. The lowest BCUT2D eigenvalue weighted by Gasteiger charge is -1.90. The van der Waals surface area contributed by atoms with Crippen molar-refractivity contribution in [2.24, 2.45) is 0 Å². The van der Waals surface area contributed by atoms with Crippen molar-refractivity contribution in [3.8, 4) is 11.3 Å². The van der Waals surface area contributed by atoms with Crippen molar-refractivity contribution in [1.29, 1.82) is 0 Å². The smallest absolute Gasteiger partial charge is 0.198 e. The summed E-state index contributed by atoms with van der Waals surface area (Å²) < 4.78 is 4.89. The molecule has 3 heteroatoms. The number of aromatic nitrogens is 2. The average Bonchev–Trinajstić information content (AvgIpc) is 2.58. The van der Waals surface area contributed by atoms with Gasteiger partial charge in [-0.05, 0) is 12.1 Å². The molecule has 0 saturated heterocycles. The Bertz CT molecular complexity index is 315. The van der Waals surface area contributed by atoms with E-state index < -0.39 is 0 Å². The van der Waals surface area contributed by atoms with Gasteiger partial charge in [0.25, 0.3) is 0 Å². The van der Waals surface area contributed by atoms with E-state index in [1.807, 2.05) is 6.07 Å². The van der Waals surface area contributed by atoms with E-state index in [1.54, 1.807) is 24.8 Å². The minimum atomic E-state index is 0.828. The van der Waals surface area contributed by atoms with E-state index in [0.29, 0.717) is 0 Å². The summed E-state index contributed by atoms with van der Waals surface area (Å²) in [5.41, 5.74) is 1.78. The molecule has 0 aliphatic carbocycles. The first kappa shape index (κ1) is 6.09. The van der Waals surface area contributed by atoms with Crippen LogP contribution in [-0.2, 0) is 0 Å². The van der Waals surface area contributed by atoms with Crippen LogP contribution in [0.1, 0.15) is 0 Å². The van der Waals surface area contributed by atoms with E-state index in [2.05, 4.69) is 16.3 Å². The zero-order chi connectivity index (χ0) is 7.52. The summed E-state index contributed by atoms with van der Waals surface area (Å²) in [6.07, 6.45) is 7.40. The molecule has 2 heterocycles. The SMILES string of the molecule is [c]1nccc(-c2ccoc2)n1. The summed E-state index contributed by atoms with van der Waals surface area (Å²) in [5, 5.41) is 0. The van der Waals surface area contributed by atoms with Crippen molar-refractivity contribution in [3.05, 3.63) is 37.2 Å². The van der Waals surface area contributed by atoms with Crippen LogP contribution in [0.25, 0.3) is 11.3 Å². The highest BCUT2D eigenvalue weighted by atomic mass is 16.3. The Morgan fingerprint density at radius 3 is 3.00 bits per heavy atom. The van der Waals surface area contributed by atoms with Gasteiger partial charge < -0.3 is 4.42 Å². The largest absolute Gasteiger partial charge is 0.472 e. The first-order chi connectivity index (χ1) is 5.47. The number of hydrogen-bond acceptors (Lipinski definition) is 3. The Balaban J connectivity index is 2.46. The molecule has 0 aliphatic rings. The molecule has 11 heavy (non-hydrogen) atoms. The van der Waals surface area contributed by atoms with Crippen molar-refractivity contribution in [1.82, 2.24) is 9.97 Å². The molecular weight excluding hydrogens is 140 g/mol. The molecule has 0 fully saturated rings. The monoisotopic (exact) mass is 145 g/mol. The van der Waals surface area contributed by atoms with E-state index in [9.17, 15) is 0 Å². The summed E-state index contributed by atoms with van der Waals surface area (Å²) in [5.74, 6) is 0. The number of hydrogen-bond donors (Lipinski definition) is 0. The van der Waals surface area contributed by atoms with Gasteiger partial charge in [0.05, 0.1) is 18.2 Å². The molecule has 0 N–H and O–H groups in total. The van der Waals surface area contributed by atoms with Gasteiger partial charge in [0, 0.05) is 11.8 Å². The molecule has 0 unspecified atom stereocenters. The average molecular weight is 145 g/mol. The van der Waals surface area contributed by atoms with Gasteiger partial charge in [-0.2, -0.15) is 0 Å². The minimum absolute atomic E-state index is 0.828. The molecule has 0 spiro atoms. The van der Waals surface area contributed by atoms with Gasteiger partial charge in [-0.1, -0.05) is 0 Å². The maximum absolute atomic E-state index is 4.89. The van der Waals surface area contributed by atoms with Gasteiger partial charge >= 0.3 is 0 Å². The Hall–Kier alpha value is -1.64. The topological polar surface area (TPSA) is 38.9 Å². The Labute approximate surface area is 63.7 Å². The second kappa shape index (κ2) is 2.54. The van der Waals surface area contributed by atoms with Crippen molar-refractivity contribution < 1.29 is 4.42 Å². The molecule has 2 rings (SSSR count). The highest BCUT2D eigenvalue weighted by Crippen LogP contribution is 2.14. The summed E-state index contributed by atoms with van der Waals surface area (Å²) in [4.78, 5) is 7.61. The second-order valence-electron chi connectivity index (χ2n) is 2.05. The summed E-state index contributed by atoms with van der Waals surface area (Å²) in [6.45, 7) is 0. The summed E-state index contributed by atoms with van der Waals surface area (Å²) in [6, 6.07) is 3.65. The van der Waals surface area contributed by atoms with Crippen LogP contribution in [0.5, 0.6) is 0 Å². The molecule has 1 radical (unpaired) electrons. The predicted octanol–water partition coefficient (Wildman–Crippen LogP) is 1.54. The molecule has 0 aliphatic heterocycles. The maximum Gasteiger partial charge on any atom is 0.198 e. The fourth-order valence-corrected chi connectivity index (χ4v) is 0.832. The molecule has 0 atom stereocenters.